The van der Waals surface area contributed by atoms with Gasteiger partial charge in [0, 0.05) is 23.3 Å². The van der Waals surface area contributed by atoms with Crippen LogP contribution in [0, 0.1) is 17.2 Å². The van der Waals surface area contributed by atoms with Crippen molar-refractivity contribution < 1.29 is 4.52 Å². The summed E-state index contributed by atoms with van der Waals surface area (Å²) in [5.41, 5.74) is 0.952. The Morgan fingerprint density at radius 1 is 1.35 bits per heavy atom. The van der Waals surface area contributed by atoms with E-state index in [-0.39, 0.29) is 5.92 Å². The Labute approximate surface area is 123 Å². The van der Waals surface area contributed by atoms with Gasteiger partial charge in [0.25, 0.3) is 0 Å². The van der Waals surface area contributed by atoms with E-state index >= 15 is 0 Å². The number of hydrogen-bond donors (Lipinski definition) is 0. The first kappa shape index (κ1) is 14.6. The Balaban J connectivity index is 2.06. The number of rotatable bonds is 6. The van der Waals surface area contributed by atoms with Gasteiger partial charge in [-0.05, 0) is 35.9 Å². The molecule has 1 heterocycles. The van der Waals surface area contributed by atoms with Gasteiger partial charge in [0.05, 0.1) is 6.07 Å². The van der Waals surface area contributed by atoms with Crippen molar-refractivity contribution in [3.05, 3.63) is 30.2 Å². The number of aromatic nitrogens is 2. The van der Waals surface area contributed by atoms with Crippen molar-refractivity contribution in [1.82, 2.24) is 10.1 Å². The Morgan fingerprint density at radius 3 is 2.75 bits per heavy atom. The van der Waals surface area contributed by atoms with Crippen molar-refractivity contribution in [3.8, 4) is 17.5 Å². The number of thioether (sulfide) groups is 1. The molecule has 1 aromatic carbocycles. The van der Waals surface area contributed by atoms with Crippen LogP contribution >= 0.6 is 11.8 Å². The quantitative estimate of drug-likeness (QED) is 0.753. The fourth-order valence-corrected chi connectivity index (χ4v) is 2.51. The minimum atomic E-state index is 0.233. The molecular weight excluding hydrogens is 270 g/mol. The van der Waals surface area contributed by atoms with Crippen LogP contribution in [0.3, 0.4) is 0 Å². The highest BCUT2D eigenvalue weighted by molar-refractivity contribution is 7.99. The van der Waals surface area contributed by atoms with Crippen LogP contribution in [-0.4, -0.2) is 15.9 Å². The maximum Gasteiger partial charge on any atom is 0.227 e. The Bertz CT molecular complexity index is 586. The molecule has 0 aliphatic heterocycles. The summed E-state index contributed by atoms with van der Waals surface area (Å²) >= 11 is 1.80. The van der Waals surface area contributed by atoms with Gasteiger partial charge >= 0.3 is 0 Å². The molecule has 0 aliphatic carbocycles. The Kier molecular flexibility index (Phi) is 5.19. The molecule has 0 spiro atoms. The van der Waals surface area contributed by atoms with Crippen molar-refractivity contribution in [2.75, 3.05) is 5.75 Å². The lowest BCUT2D eigenvalue weighted by Crippen LogP contribution is -1.98. The first-order valence-corrected chi connectivity index (χ1v) is 7.64. The fraction of sp³-hybridized carbons (Fsp3) is 0.400. The minimum absolute atomic E-state index is 0.233. The van der Waals surface area contributed by atoms with Gasteiger partial charge in [0.2, 0.25) is 11.7 Å². The lowest BCUT2D eigenvalue weighted by Gasteiger charge is -2.00. The average Bonchev–Trinajstić information content (AvgIpc) is 2.88. The van der Waals surface area contributed by atoms with E-state index in [4.69, 9.17) is 9.78 Å². The topological polar surface area (TPSA) is 62.7 Å². The standard InChI is InChI=1S/C15H17N3OS/c1-3-20-13-6-4-12(5-7-13)15-17-14(19-18-15)10-11(2)8-9-16/h4-7,11H,3,8,10H2,1-2H3. The van der Waals surface area contributed by atoms with E-state index in [2.05, 4.69) is 35.3 Å². The van der Waals surface area contributed by atoms with Gasteiger partial charge in [-0.2, -0.15) is 10.2 Å². The molecule has 0 saturated heterocycles. The molecule has 0 fully saturated rings. The summed E-state index contributed by atoms with van der Waals surface area (Å²) in [6.07, 6.45) is 1.14. The number of hydrogen-bond acceptors (Lipinski definition) is 5. The van der Waals surface area contributed by atoms with Gasteiger partial charge in [-0.3, -0.25) is 0 Å². The molecular formula is C15H17N3OS. The van der Waals surface area contributed by atoms with Gasteiger partial charge in [-0.1, -0.05) is 19.0 Å². The highest BCUT2D eigenvalue weighted by atomic mass is 32.2. The molecule has 4 nitrogen and oxygen atoms in total. The van der Waals surface area contributed by atoms with Crippen LogP contribution in [0.1, 0.15) is 26.2 Å². The van der Waals surface area contributed by atoms with E-state index in [1.54, 1.807) is 11.8 Å². The van der Waals surface area contributed by atoms with Crippen molar-refractivity contribution in [3.63, 3.8) is 0 Å². The third kappa shape index (κ3) is 3.84. The average molecular weight is 287 g/mol. The maximum atomic E-state index is 8.65. The number of nitrogens with zero attached hydrogens (tertiary/aromatic N) is 3. The molecule has 1 aromatic heterocycles. The van der Waals surface area contributed by atoms with Crippen molar-refractivity contribution in [2.45, 2.75) is 31.6 Å². The van der Waals surface area contributed by atoms with E-state index in [1.807, 2.05) is 19.1 Å². The molecule has 0 amide bonds. The molecule has 5 heteroatoms. The van der Waals surface area contributed by atoms with Crippen molar-refractivity contribution >= 4 is 11.8 Å². The van der Waals surface area contributed by atoms with E-state index in [0.717, 1.165) is 11.3 Å². The van der Waals surface area contributed by atoms with Crippen LogP contribution in [0.15, 0.2) is 33.7 Å². The normalized spacial score (nSPS) is 12.1. The van der Waals surface area contributed by atoms with E-state index < -0.39 is 0 Å². The third-order valence-electron chi connectivity index (χ3n) is 2.85. The van der Waals surface area contributed by atoms with Crippen LogP contribution < -0.4 is 0 Å². The second-order valence-electron chi connectivity index (χ2n) is 4.64. The molecule has 2 aromatic rings. The van der Waals surface area contributed by atoms with Crippen LogP contribution in [0.25, 0.3) is 11.4 Å². The monoisotopic (exact) mass is 287 g/mol. The molecule has 0 radical (unpaired) electrons. The SMILES string of the molecule is CCSc1ccc(-c2noc(CC(C)CC#N)n2)cc1. The summed E-state index contributed by atoms with van der Waals surface area (Å²) in [5, 5.41) is 12.6. The molecule has 1 atom stereocenters. The van der Waals surface area contributed by atoms with Gasteiger partial charge in [-0.25, -0.2) is 0 Å². The fourth-order valence-electron chi connectivity index (χ4n) is 1.85. The zero-order chi connectivity index (χ0) is 14.4. The predicted octanol–water partition coefficient (Wildman–Crippen LogP) is 3.94. The summed E-state index contributed by atoms with van der Waals surface area (Å²) in [6.45, 7) is 4.14. The smallest absolute Gasteiger partial charge is 0.227 e. The van der Waals surface area contributed by atoms with Gasteiger partial charge in [0.15, 0.2) is 0 Å². The molecule has 0 saturated carbocycles. The summed E-state index contributed by atoms with van der Waals surface area (Å²) in [7, 11) is 0. The Morgan fingerprint density at radius 2 is 2.10 bits per heavy atom. The largest absolute Gasteiger partial charge is 0.339 e. The van der Waals surface area contributed by atoms with Crippen LogP contribution in [0.2, 0.25) is 0 Å². The van der Waals surface area contributed by atoms with Gasteiger partial charge in [-0.15, -0.1) is 11.8 Å². The van der Waals surface area contributed by atoms with Crippen LogP contribution in [0.4, 0.5) is 0 Å². The lowest BCUT2D eigenvalue weighted by atomic mass is 10.1. The molecule has 104 valence electrons. The van der Waals surface area contributed by atoms with Crippen LogP contribution in [-0.2, 0) is 6.42 Å². The molecule has 2 rings (SSSR count). The van der Waals surface area contributed by atoms with Crippen molar-refractivity contribution in [2.24, 2.45) is 5.92 Å². The third-order valence-corrected chi connectivity index (χ3v) is 3.75. The molecule has 1 unspecified atom stereocenters. The van der Waals surface area contributed by atoms with E-state index in [1.165, 1.54) is 4.90 Å². The first-order chi connectivity index (χ1) is 9.72. The first-order valence-electron chi connectivity index (χ1n) is 6.65. The van der Waals surface area contributed by atoms with Gasteiger partial charge in [0.1, 0.15) is 0 Å². The van der Waals surface area contributed by atoms with E-state index in [9.17, 15) is 0 Å². The second-order valence-corrected chi connectivity index (χ2v) is 5.98. The van der Waals surface area contributed by atoms with Crippen LogP contribution in [0.5, 0.6) is 0 Å². The highest BCUT2D eigenvalue weighted by Crippen LogP contribution is 2.22. The second kappa shape index (κ2) is 7.11. The highest BCUT2D eigenvalue weighted by Gasteiger charge is 2.12. The van der Waals surface area contributed by atoms with Gasteiger partial charge < -0.3 is 4.52 Å². The van der Waals surface area contributed by atoms with E-state index in [0.29, 0.717) is 24.6 Å². The predicted molar refractivity (Wildman–Crippen MR) is 79.2 cm³/mol. The number of benzene rings is 1. The molecule has 20 heavy (non-hydrogen) atoms. The summed E-state index contributed by atoms with van der Waals surface area (Å²) in [6, 6.07) is 10.3. The summed E-state index contributed by atoms with van der Waals surface area (Å²) in [5.74, 6) is 2.49. The Hall–Kier alpha value is -1.80. The molecule has 0 aliphatic rings. The lowest BCUT2D eigenvalue weighted by molar-refractivity contribution is 0.359. The zero-order valence-corrected chi connectivity index (χ0v) is 12.5. The maximum absolute atomic E-state index is 8.65. The summed E-state index contributed by atoms with van der Waals surface area (Å²) in [4.78, 5) is 5.62. The van der Waals surface area contributed by atoms with Crippen molar-refractivity contribution in [1.29, 1.82) is 5.26 Å². The molecule has 0 N–H and O–H groups in total. The zero-order valence-electron chi connectivity index (χ0n) is 11.7. The summed E-state index contributed by atoms with van der Waals surface area (Å²) < 4.78 is 5.24. The minimum Gasteiger partial charge on any atom is -0.339 e. The molecule has 0 bridgehead atoms. The number of nitriles is 1.